The Balaban J connectivity index is 2.18. The molecule has 1 amide bonds. The van der Waals surface area contributed by atoms with E-state index in [2.05, 4.69) is 5.32 Å². The quantitative estimate of drug-likeness (QED) is 0.787. The molecule has 1 fully saturated rings. The largest absolute Gasteiger partial charge is 0.477 e. The second kappa shape index (κ2) is 8.13. The summed E-state index contributed by atoms with van der Waals surface area (Å²) < 4.78 is 5.27. The lowest BCUT2D eigenvalue weighted by atomic mass is 10.1. The summed E-state index contributed by atoms with van der Waals surface area (Å²) in [6.07, 6.45) is 0.256. The first-order valence-corrected chi connectivity index (χ1v) is 8.38. The van der Waals surface area contributed by atoms with E-state index in [9.17, 15) is 19.6 Å². The first kappa shape index (κ1) is 19.6. The number of carboxylic acids is 1. The summed E-state index contributed by atoms with van der Waals surface area (Å²) in [6.45, 7) is 7.58. The number of hydrogen-bond donors (Lipinski definition) is 2. The fourth-order valence-corrected chi connectivity index (χ4v) is 2.40. The summed E-state index contributed by atoms with van der Waals surface area (Å²) in [7, 11) is 0. The standard InChI is InChI=1S/C17H23N3O6/c1-17(2,3)26-20(24)14-6-5-12(11-13(14)15(21)22)25-16(23)19-9-4-7-18-8-10-19/h5-6,11,18H,4,7-10H2,1-3H3/p+1. The zero-order valence-corrected chi connectivity index (χ0v) is 15.2. The van der Waals surface area contributed by atoms with Crippen molar-refractivity contribution in [1.29, 1.82) is 0 Å². The predicted molar refractivity (Wildman–Crippen MR) is 92.6 cm³/mol. The molecule has 1 aromatic rings. The third-order valence-electron chi connectivity index (χ3n) is 3.56. The van der Waals surface area contributed by atoms with Gasteiger partial charge >= 0.3 is 17.7 Å². The van der Waals surface area contributed by atoms with Crippen LogP contribution in [0.3, 0.4) is 0 Å². The Kier molecular flexibility index (Phi) is 6.14. The number of aromatic carboxylic acids is 1. The minimum absolute atomic E-state index is 0.0533. The summed E-state index contributed by atoms with van der Waals surface area (Å²) in [4.78, 5) is 42.7. The molecular weight excluding hydrogens is 342 g/mol. The average Bonchev–Trinajstić information content (AvgIpc) is 2.82. The average molecular weight is 366 g/mol. The van der Waals surface area contributed by atoms with Gasteiger partial charge in [0.2, 0.25) is 0 Å². The maximum atomic E-state index is 12.2. The van der Waals surface area contributed by atoms with Crippen LogP contribution in [0.1, 0.15) is 37.6 Å². The fourth-order valence-electron chi connectivity index (χ4n) is 2.40. The van der Waals surface area contributed by atoms with Crippen molar-refractivity contribution >= 4 is 17.7 Å². The number of amides is 1. The maximum Gasteiger partial charge on any atom is 0.415 e. The van der Waals surface area contributed by atoms with Crippen LogP contribution in [-0.4, -0.2) is 58.8 Å². The van der Waals surface area contributed by atoms with Gasteiger partial charge in [0.1, 0.15) is 11.3 Å². The van der Waals surface area contributed by atoms with Crippen LogP contribution in [0.2, 0.25) is 0 Å². The van der Waals surface area contributed by atoms with E-state index in [1.54, 1.807) is 25.7 Å². The Hall–Kier alpha value is -2.68. The molecule has 1 saturated heterocycles. The molecule has 1 aromatic carbocycles. The molecule has 9 heteroatoms. The van der Waals surface area contributed by atoms with Crippen molar-refractivity contribution in [3.63, 3.8) is 0 Å². The molecule has 2 N–H and O–H groups in total. The van der Waals surface area contributed by atoms with Gasteiger partial charge in [-0.3, -0.25) is 0 Å². The lowest BCUT2D eigenvalue weighted by Crippen LogP contribution is -2.36. The van der Waals surface area contributed by atoms with Gasteiger partial charge in [-0.1, -0.05) is 0 Å². The Bertz CT molecular complexity index is 690. The van der Waals surface area contributed by atoms with Crippen molar-refractivity contribution in [3.8, 4) is 5.75 Å². The molecule has 0 atom stereocenters. The van der Waals surface area contributed by atoms with Crippen LogP contribution in [-0.2, 0) is 4.84 Å². The number of rotatable bonds is 4. The van der Waals surface area contributed by atoms with Crippen LogP contribution in [0.4, 0.5) is 10.5 Å². The molecule has 1 heterocycles. The normalized spacial score (nSPS) is 15.1. The molecule has 0 spiro atoms. The molecule has 142 valence electrons. The Labute approximate surface area is 151 Å². The minimum atomic E-state index is -1.32. The van der Waals surface area contributed by atoms with Gasteiger partial charge in [0.05, 0.1) is 4.91 Å². The fraction of sp³-hybridized carbons (Fsp3) is 0.529. The van der Waals surface area contributed by atoms with Crippen LogP contribution in [0.25, 0.3) is 0 Å². The van der Waals surface area contributed by atoms with E-state index in [0.717, 1.165) is 19.0 Å². The van der Waals surface area contributed by atoms with Gasteiger partial charge in [0.25, 0.3) is 4.92 Å². The summed E-state index contributed by atoms with van der Waals surface area (Å²) >= 11 is 0. The predicted octanol–water partition coefficient (Wildman–Crippen LogP) is 2.32. The van der Waals surface area contributed by atoms with Crippen molar-refractivity contribution < 1.29 is 29.2 Å². The van der Waals surface area contributed by atoms with Gasteiger partial charge in [-0.25, -0.2) is 14.4 Å². The molecule has 2 rings (SSSR count). The van der Waals surface area contributed by atoms with E-state index in [0.29, 0.717) is 19.6 Å². The summed E-state index contributed by atoms with van der Waals surface area (Å²) in [5.74, 6) is -1.27. The number of hydrogen-bond acceptors (Lipinski definition) is 6. The highest BCUT2D eigenvalue weighted by molar-refractivity contribution is 5.93. The first-order chi connectivity index (χ1) is 12.2. The summed E-state index contributed by atoms with van der Waals surface area (Å²) in [5, 5.41) is 12.6. The topological polar surface area (TPSA) is 108 Å². The van der Waals surface area contributed by atoms with E-state index in [-0.39, 0.29) is 21.9 Å². The Morgan fingerprint density at radius 2 is 1.96 bits per heavy atom. The van der Waals surface area contributed by atoms with Crippen molar-refractivity contribution in [3.05, 3.63) is 28.7 Å². The molecule has 0 aromatic heterocycles. The van der Waals surface area contributed by atoms with Gasteiger partial charge in [-0.15, -0.1) is 0 Å². The summed E-state index contributed by atoms with van der Waals surface area (Å²) in [5.41, 5.74) is -1.28. The third-order valence-corrected chi connectivity index (χ3v) is 3.56. The lowest BCUT2D eigenvalue weighted by Gasteiger charge is -2.19. The van der Waals surface area contributed by atoms with E-state index in [4.69, 9.17) is 9.57 Å². The Morgan fingerprint density at radius 3 is 2.62 bits per heavy atom. The van der Waals surface area contributed by atoms with Crippen LogP contribution >= 0.6 is 0 Å². The molecule has 1 aliphatic rings. The minimum Gasteiger partial charge on any atom is -0.477 e. The number of carbonyl (C=O) groups is 2. The van der Waals surface area contributed by atoms with Crippen molar-refractivity contribution in [2.45, 2.75) is 32.8 Å². The molecule has 0 unspecified atom stereocenters. The third kappa shape index (κ3) is 5.41. The van der Waals surface area contributed by atoms with Crippen molar-refractivity contribution in [2.24, 2.45) is 0 Å². The van der Waals surface area contributed by atoms with Gasteiger partial charge < -0.3 is 20.1 Å². The number of nitrogens with zero attached hydrogens (tertiary/aromatic N) is 2. The maximum absolute atomic E-state index is 12.2. The number of nitrogens with one attached hydrogen (secondary N) is 1. The number of benzene rings is 1. The monoisotopic (exact) mass is 366 g/mol. The molecule has 26 heavy (non-hydrogen) atoms. The van der Waals surface area contributed by atoms with Crippen LogP contribution in [0.5, 0.6) is 5.75 Å². The van der Waals surface area contributed by atoms with Crippen molar-refractivity contribution in [1.82, 2.24) is 10.2 Å². The van der Waals surface area contributed by atoms with Gasteiger partial charge in [0, 0.05) is 31.8 Å². The smallest absolute Gasteiger partial charge is 0.415 e. The van der Waals surface area contributed by atoms with E-state index < -0.39 is 17.7 Å². The highest BCUT2D eigenvalue weighted by atomic mass is 16.8. The van der Waals surface area contributed by atoms with Gasteiger partial charge in [-0.2, -0.15) is 0 Å². The second-order valence-corrected chi connectivity index (χ2v) is 6.90. The Morgan fingerprint density at radius 1 is 1.23 bits per heavy atom. The molecule has 0 bridgehead atoms. The number of carbonyl (C=O) groups excluding carboxylic acids is 1. The SMILES string of the molecule is CC(C)(C)O[N+](=O)c1ccc(OC(=O)N2CCCNCC2)cc1C(=O)O. The molecule has 0 radical (unpaired) electrons. The highest BCUT2D eigenvalue weighted by Crippen LogP contribution is 2.26. The van der Waals surface area contributed by atoms with E-state index in [1.807, 2.05) is 0 Å². The lowest BCUT2D eigenvalue weighted by molar-refractivity contribution is -0.766. The number of carboxylic acid groups (broad SMARTS) is 1. The molecule has 1 aliphatic heterocycles. The van der Waals surface area contributed by atoms with Gasteiger partial charge in [-0.05, 0) is 39.8 Å². The molecule has 0 aliphatic carbocycles. The van der Waals surface area contributed by atoms with E-state index in [1.165, 1.54) is 12.1 Å². The zero-order chi connectivity index (χ0) is 19.3. The van der Waals surface area contributed by atoms with Crippen LogP contribution < -0.4 is 10.1 Å². The van der Waals surface area contributed by atoms with Crippen LogP contribution in [0, 0.1) is 4.91 Å². The zero-order valence-electron chi connectivity index (χ0n) is 15.2. The summed E-state index contributed by atoms with van der Waals surface area (Å²) in [6, 6.07) is 3.77. The van der Waals surface area contributed by atoms with Crippen LogP contribution in [0.15, 0.2) is 18.2 Å². The second-order valence-electron chi connectivity index (χ2n) is 6.90. The molecular formula is C17H24N3O6+. The number of ether oxygens (including phenoxy) is 1. The van der Waals surface area contributed by atoms with E-state index >= 15 is 0 Å². The van der Waals surface area contributed by atoms with Crippen molar-refractivity contribution in [2.75, 3.05) is 26.2 Å². The molecule has 0 saturated carbocycles. The highest BCUT2D eigenvalue weighted by Gasteiger charge is 2.32. The molecule has 9 nitrogen and oxygen atoms in total. The first-order valence-electron chi connectivity index (χ1n) is 8.38. The van der Waals surface area contributed by atoms with Gasteiger partial charge in [0.15, 0.2) is 5.60 Å².